The third-order valence-electron chi connectivity index (χ3n) is 2.68. The highest BCUT2D eigenvalue weighted by Gasteiger charge is 2.17. The van der Waals surface area contributed by atoms with Crippen molar-refractivity contribution in [1.29, 1.82) is 0 Å². The largest absolute Gasteiger partial charge is 0.449 e. The lowest BCUT2D eigenvalue weighted by Crippen LogP contribution is -1.96. The molecule has 0 aliphatic carbocycles. The molecule has 2 rings (SSSR count). The van der Waals surface area contributed by atoms with Crippen LogP contribution in [0.1, 0.15) is 17.3 Å². The zero-order valence-corrected chi connectivity index (χ0v) is 14.0. The van der Waals surface area contributed by atoms with Gasteiger partial charge in [0.15, 0.2) is 5.78 Å². The summed E-state index contributed by atoms with van der Waals surface area (Å²) >= 11 is 6.48. The number of ether oxygens (including phenoxy) is 1. The van der Waals surface area contributed by atoms with Gasteiger partial charge in [-0.2, -0.15) is 0 Å². The van der Waals surface area contributed by atoms with Crippen LogP contribution in [0.15, 0.2) is 45.3 Å². The number of halogens is 2. The summed E-state index contributed by atoms with van der Waals surface area (Å²) in [5.41, 5.74) is 0.381. The normalized spacial score (nSPS) is 10.2. The number of benzene rings is 2. The van der Waals surface area contributed by atoms with E-state index in [-0.39, 0.29) is 17.2 Å². The zero-order valence-electron chi connectivity index (χ0n) is 10.8. The fourth-order valence-corrected chi connectivity index (χ4v) is 2.45. The van der Waals surface area contributed by atoms with Gasteiger partial charge in [0.2, 0.25) is 5.75 Å². The van der Waals surface area contributed by atoms with E-state index in [0.717, 1.165) is 0 Å². The van der Waals surface area contributed by atoms with Crippen LogP contribution in [0.5, 0.6) is 11.5 Å². The summed E-state index contributed by atoms with van der Waals surface area (Å²) in [6.07, 6.45) is 0. The predicted molar refractivity (Wildman–Crippen MR) is 85.0 cm³/mol. The van der Waals surface area contributed by atoms with Gasteiger partial charge in [-0.25, -0.2) is 0 Å². The Hall–Kier alpha value is -1.73. The van der Waals surface area contributed by atoms with Crippen molar-refractivity contribution in [2.24, 2.45) is 0 Å². The molecule has 0 saturated carbocycles. The number of nitro groups is 1. The first-order valence-electron chi connectivity index (χ1n) is 5.81. The second-order valence-electron chi connectivity index (χ2n) is 4.17. The molecular weight excluding hydrogens is 406 g/mol. The number of hydrogen-bond donors (Lipinski definition) is 0. The third-order valence-corrected chi connectivity index (χ3v) is 3.79. The highest BCUT2D eigenvalue weighted by atomic mass is 79.9. The molecule has 0 N–H and O–H groups in total. The maximum atomic E-state index is 11.3. The van der Waals surface area contributed by atoms with E-state index in [1.165, 1.54) is 19.1 Å². The second-order valence-corrected chi connectivity index (χ2v) is 5.94. The van der Waals surface area contributed by atoms with Crippen LogP contribution in [0.4, 0.5) is 5.69 Å². The van der Waals surface area contributed by atoms with Crippen LogP contribution in [0.3, 0.4) is 0 Å². The van der Waals surface area contributed by atoms with Crippen molar-refractivity contribution < 1.29 is 14.5 Å². The van der Waals surface area contributed by atoms with Crippen molar-refractivity contribution in [3.8, 4) is 11.5 Å². The van der Waals surface area contributed by atoms with Crippen molar-refractivity contribution in [1.82, 2.24) is 0 Å². The Labute approximate surface area is 137 Å². The van der Waals surface area contributed by atoms with Gasteiger partial charge in [0.1, 0.15) is 5.75 Å². The minimum absolute atomic E-state index is 0.0723. The van der Waals surface area contributed by atoms with E-state index in [1.807, 2.05) is 0 Å². The molecule has 2 aromatic carbocycles. The highest BCUT2D eigenvalue weighted by Crippen LogP contribution is 2.36. The Bertz CT molecular complexity index is 731. The number of ketones is 1. The Morgan fingerprint density at radius 2 is 1.81 bits per heavy atom. The summed E-state index contributed by atoms with van der Waals surface area (Å²) in [5, 5.41) is 11.0. The summed E-state index contributed by atoms with van der Waals surface area (Å²) in [5.74, 6) is 0.446. The number of nitro benzene ring substituents is 1. The molecule has 0 amide bonds. The molecule has 108 valence electrons. The topological polar surface area (TPSA) is 69.4 Å². The lowest BCUT2D eigenvalue weighted by atomic mass is 10.1. The summed E-state index contributed by atoms with van der Waals surface area (Å²) in [7, 11) is 0. The Balaban J connectivity index is 2.39. The Morgan fingerprint density at radius 1 is 1.14 bits per heavy atom. The maximum Gasteiger partial charge on any atom is 0.312 e. The van der Waals surface area contributed by atoms with E-state index in [9.17, 15) is 14.9 Å². The second kappa shape index (κ2) is 6.36. The summed E-state index contributed by atoms with van der Waals surface area (Å²) in [6, 6.07) is 9.34. The fraction of sp³-hybridized carbons (Fsp3) is 0.0714. The molecule has 2 aromatic rings. The van der Waals surface area contributed by atoms with Crippen LogP contribution in [-0.2, 0) is 0 Å². The minimum Gasteiger partial charge on any atom is -0.449 e. The molecule has 0 atom stereocenters. The van der Waals surface area contributed by atoms with Gasteiger partial charge in [-0.15, -0.1) is 0 Å². The van der Waals surface area contributed by atoms with Crippen molar-refractivity contribution in [3.05, 3.63) is 61.0 Å². The number of hydrogen-bond acceptors (Lipinski definition) is 4. The molecule has 0 bridgehead atoms. The van der Waals surface area contributed by atoms with Gasteiger partial charge in [0.25, 0.3) is 0 Å². The van der Waals surface area contributed by atoms with Crippen molar-refractivity contribution in [2.75, 3.05) is 0 Å². The lowest BCUT2D eigenvalue weighted by molar-refractivity contribution is -0.385. The summed E-state index contributed by atoms with van der Waals surface area (Å²) in [6.45, 7) is 1.46. The van der Waals surface area contributed by atoms with Gasteiger partial charge in [0.05, 0.1) is 9.40 Å². The third kappa shape index (κ3) is 3.68. The van der Waals surface area contributed by atoms with Crippen LogP contribution in [0.25, 0.3) is 0 Å². The van der Waals surface area contributed by atoms with Gasteiger partial charge in [-0.1, -0.05) is 15.9 Å². The SMILES string of the molecule is CC(=O)c1ccc(Oc2ccc(Br)cc2[N+](=O)[O-])c(Br)c1. The Kier molecular flexibility index (Phi) is 4.74. The monoisotopic (exact) mass is 413 g/mol. The molecule has 0 fully saturated rings. The minimum atomic E-state index is -0.516. The van der Waals surface area contributed by atoms with Gasteiger partial charge in [-0.3, -0.25) is 14.9 Å². The quantitative estimate of drug-likeness (QED) is 0.395. The van der Waals surface area contributed by atoms with Gasteiger partial charge in [0, 0.05) is 16.1 Å². The first kappa shape index (κ1) is 15.7. The summed E-state index contributed by atoms with van der Waals surface area (Å²) < 4.78 is 6.71. The lowest BCUT2D eigenvalue weighted by Gasteiger charge is -2.09. The molecule has 0 spiro atoms. The van der Waals surface area contributed by atoms with Crippen LogP contribution in [-0.4, -0.2) is 10.7 Å². The van der Waals surface area contributed by atoms with Crippen molar-refractivity contribution in [2.45, 2.75) is 6.92 Å². The zero-order chi connectivity index (χ0) is 15.6. The average molecular weight is 415 g/mol. The van der Waals surface area contributed by atoms with Crippen LogP contribution in [0.2, 0.25) is 0 Å². The molecular formula is C14H9Br2NO4. The first-order chi connectivity index (χ1) is 9.88. The number of rotatable bonds is 4. The average Bonchev–Trinajstić information content (AvgIpc) is 2.42. The van der Waals surface area contributed by atoms with Gasteiger partial charge >= 0.3 is 5.69 Å². The molecule has 0 aliphatic heterocycles. The molecule has 0 heterocycles. The van der Waals surface area contributed by atoms with E-state index in [4.69, 9.17) is 4.74 Å². The van der Waals surface area contributed by atoms with E-state index < -0.39 is 4.92 Å². The predicted octanol–water partition coefficient (Wildman–Crippen LogP) is 5.11. The molecule has 0 aromatic heterocycles. The molecule has 0 unspecified atom stereocenters. The number of Topliss-reactive ketones (excluding diaryl/α,β-unsaturated/α-hetero) is 1. The van der Waals surface area contributed by atoms with E-state index >= 15 is 0 Å². The molecule has 0 aliphatic rings. The standard InChI is InChI=1S/C14H9Br2NO4/c1-8(18)9-2-4-13(11(16)6-9)21-14-5-3-10(15)7-12(14)17(19)20/h2-7H,1H3. The van der Waals surface area contributed by atoms with Crippen molar-refractivity contribution >= 4 is 43.3 Å². The number of carbonyl (C=O) groups is 1. The summed E-state index contributed by atoms with van der Waals surface area (Å²) in [4.78, 5) is 21.8. The molecule has 5 nitrogen and oxygen atoms in total. The highest BCUT2D eigenvalue weighted by molar-refractivity contribution is 9.10. The molecule has 0 saturated heterocycles. The van der Waals surface area contributed by atoms with Crippen molar-refractivity contribution in [3.63, 3.8) is 0 Å². The fourth-order valence-electron chi connectivity index (χ4n) is 1.64. The molecule has 0 radical (unpaired) electrons. The smallest absolute Gasteiger partial charge is 0.312 e. The first-order valence-corrected chi connectivity index (χ1v) is 7.39. The molecule has 21 heavy (non-hydrogen) atoms. The van der Waals surface area contributed by atoms with Crippen LogP contribution < -0.4 is 4.74 Å². The maximum absolute atomic E-state index is 11.3. The Morgan fingerprint density at radius 3 is 2.38 bits per heavy atom. The van der Waals surface area contributed by atoms with Crippen LogP contribution in [0, 0.1) is 10.1 Å². The van der Waals surface area contributed by atoms with E-state index in [0.29, 0.717) is 20.3 Å². The van der Waals surface area contributed by atoms with Gasteiger partial charge < -0.3 is 4.74 Å². The van der Waals surface area contributed by atoms with Gasteiger partial charge in [-0.05, 0) is 53.2 Å². The van der Waals surface area contributed by atoms with E-state index in [1.54, 1.807) is 24.3 Å². The van der Waals surface area contributed by atoms with E-state index in [2.05, 4.69) is 31.9 Å². The molecule has 7 heteroatoms. The number of carbonyl (C=O) groups excluding carboxylic acids is 1. The van der Waals surface area contributed by atoms with Crippen LogP contribution >= 0.6 is 31.9 Å². The number of nitrogens with zero attached hydrogens (tertiary/aromatic N) is 1.